The molecule has 74 heavy (non-hydrogen) atoms. The predicted molar refractivity (Wildman–Crippen MR) is 269 cm³/mol. The number of aromatic carboxylic acids is 1. The van der Waals surface area contributed by atoms with Gasteiger partial charge in [0.25, 0.3) is 5.91 Å². The van der Waals surface area contributed by atoms with E-state index in [1.54, 1.807) is 28.9 Å². The van der Waals surface area contributed by atoms with Gasteiger partial charge in [0.2, 0.25) is 17.7 Å². The number of benzene rings is 3. The molecule has 380 valence electrons. The number of piperidine rings is 2. The summed E-state index contributed by atoms with van der Waals surface area (Å²) in [6.07, 6.45) is 0.938. The quantitative estimate of drug-likeness (QED) is 0.0851. The third kappa shape index (κ3) is 9.52. The van der Waals surface area contributed by atoms with E-state index >= 15 is 13.2 Å². The van der Waals surface area contributed by atoms with E-state index in [4.69, 9.17) is 4.74 Å². The van der Waals surface area contributed by atoms with Crippen molar-refractivity contribution in [1.29, 1.82) is 0 Å². The number of carboxylic acid groups (broad SMARTS) is 1. The first-order valence-electron chi connectivity index (χ1n) is 24.4. The fraction of sp³-hybridized carbons (Fsp3) is 0.340. The molecule has 4 aliphatic rings. The van der Waals surface area contributed by atoms with Gasteiger partial charge in [-0.15, -0.1) is 0 Å². The van der Waals surface area contributed by atoms with Gasteiger partial charge in [-0.1, -0.05) is 35.6 Å². The molecule has 3 aliphatic heterocycles. The molecule has 4 N–H and O–H groups in total. The lowest BCUT2D eigenvalue weighted by molar-refractivity contribution is -0.139. The van der Waals surface area contributed by atoms with Crippen LogP contribution in [0.15, 0.2) is 85.1 Å². The number of anilines is 3. The first-order chi connectivity index (χ1) is 35.6. The van der Waals surface area contributed by atoms with Crippen molar-refractivity contribution in [3.63, 3.8) is 0 Å². The molecule has 7 heterocycles. The third-order valence-electron chi connectivity index (χ3n) is 14.8. The third-order valence-corrected chi connectivity index (χ3v) is 15.8. The van der Waals surface area contributed by atoms with Crippen LogP contribution in [0.1, 0.15) is 87.8 Å². The molecule has 7 aromatic rings. The normalized spacial score (nSPS) is 18.0. The fourth-order valence-electron chi connectivity index (χ4n) is 11.2. The van der Waals surface area contributed by atoms with Gasteiger partial charge in [-0.2, -0.15) is 18.3 Å². The van der Waals surface area contributed by atoms with Crippen LogP contribution < -0.4 is 25.6 Å². The van der Waals surface area contributed by atoms with Crippen LogP contribution in [0, 0.1) is 11.3 Å². The summed E-state index contributed by atoms with van der Waals surface area (Å²) in [5.74, 6) is -3.52. The number of aromatic nitrogens is 5. The Morgan fingerprint density at radius 2 is 1.73 bits per heavy atom. The Hall–Kier alpha value is -7.78. The molecule has 1 unspecified atom stereocenters. The SMILES string of the molecule is Cn1nc(C2CCC(=O)NC2=O)c2ccc(NC(=O)CN3CCC4(CC3)CC(COc3cccc(-c5ccc(N6CCc7ccnc(C(=O)Nc8nc9ccccc9s8)c7C6)nc5C(=O)O)c3C(F)(F)F)C4)cc21. The number of hydrogen-bond acceptors (Lipinski definition) is 13. The molecule has 1 atom stereocenters. The molecule has 4 amide bonds. The number of carbonyl (C=O) groups excluding carboxylic acids is 4. The number of amides is 4. The number of alkyl halides is 3. The van der Waals surface area contributed by atoms with Crippen LogP contribution in [0.5, 0.6) is 5.75 Å². The molecular weight excluding hydrogens is 978 g/mol. The number of thiazole rings is 1. The van der Waals surface area contributed by atoms with E-state index < -0.39 is 41.0 Å². The number of likely N-dealkylation sites (tertiary alicyclic amines) is 1. The number of nitrogens with zero attached hydrogens (tertiary/aromatic N) is 7. The number of nitrogens with one attached hydrogen (secondary N) is 3. The second-order valence-corrected chi connectivity index (χ2v) is 20.6. The van der Waals surface area contributed by atoms with Crippen molar-refractivity contribution < 1.29 is 47.0 Å². The minimum absolute atomic E-state index is 0.00239. The van der Waals surface area contributed by atoms with Crippen molar-refractivity contribution >= 4 is 78.7 Å². The lowest BCUT2D eigenvalue weighted by atomic mass is 9.58. The van der Waals surface area contributed by atoms with Gasteiger partial charge in [-0.25, -0.2) is 14.8 Å². The molecule has 0 radical (unpaired) electrons. The Bertz CT molecular complexity index is 3380. The molecule has 2 saturated heterocycles. The van der Waals surface area contributed by atoms with Crippen LogP contribution in [0.25, 0.3) is 32.2 Å². The number of para-hydroxylation sites is 1. The van der Waals surface area contributed by atoms with Crippen LogP contribution in [0.2, 0.25) is 0 Å². The molecule has 21 heteroatoms. The number of imide groups is 1. The van der Waals surface area contributed by atoms with Crippen LogP contribution in [0.4, 0.5) is 29.8 Å². The topological polar surface area (TPSA) is 214 Å². The average molecular weight is 1030 g/mol. The molecule has 3 fully saturated rings. The Balaban J connectivity index is 0.711. The van der Waals surface area contributed by atoms with Crippen LogP contribution >= 0.6 is 11.3 Å². The zero-order chi connectivity index (χ0) is 51.5. The van der Waals surface area contributed by atoms with Gasteiger partial charge < -0.3 is 20.1 Å². The van der Waals surface area contributed by atoms with Crippen LogP contribution in [0.3, 0.4) is 0 Å². The average Bonchev–Trinajstić information content (AvgIpc) is 3.93. The van der Waals surface area contributed by atoms with Crippen LogP contribution in [-0.2, 0) is 40.6 Å². The second kappa shape index (κ2) is 19.2. The lowest BCUT2D eigenvalue weighted by Crippen LogP contribution is -2.49. The Morgan fingerprint density at radius 1 is 0.919 bits per heavy atom. The van der Waals surface area contributed by atoms with Crippen molar-refractivity contribution in [3.8, 4) is 16.9 Å². The Morgan fingerprint density at radius 3 is 2.50 bits per heavy atom. The predicted octanol–water partition coefficient (Wildman–Crippen LogP) is 8.20. The van der Waals surface area contributed by atoms with E-state index in [1.165, 1.54) is 41.7 Å². The number of pyridine rings is 2. The minimum Gasteiger partial charge on any atom is -0.493 e. The summed E-state index contributed by atoms with van der Waals surface area (Å²) in [6, 6.07) is 21.5. The maximum Gasteiger partial charge on any atom is 0.420 e. The molecule has 1 aliphatic carbocycles. The van der Waals surface area contributed by atoms with Gasteiger partial charge in [0.1, 0.15) is 22.8 Å². The van der Waals surface area contributed by atoms with E-state index in [-0.39, 0.29) is 77.8 Å². The van der Waals surface area contributed by atoms with E-state index in [2.05, 4.69) is 40.9 Å². The fourth-order valence-corrected chi connectivity index (χ4v) is 12.0. The Kier molecular flexibility index (Phi) is 12.6. The summed E-state index contributed by atoms with van der Waals surface area (Å²) in [5, 5.41) is 24.4. The minimum atomic E-state index is -4.90. The second-order valence-electron chi connectivity index (χ2n) is 19.6. The lowest BCUT2D eigenvalue weighted by Gasteiger charge is -2.52. The standard InChI is InChI=1S/C53H49F3N10O7S/c1-64-38-23-31(9-10-34(38)45(63-64)35-12-14-42(67)61-48(35)69)58-43(68)27-65-21-17-52(18-22-65)24-29(25-52)28-73-39-7-4-5-32(44(39)53(54,55)56)33-11-13-41(60-47(33)50(71)72)66-20-16-30-15-19-57-46(36(30)26-66)49(70)62-51-59-37-6-2-3-8-40(37)74-51/h2-11,13,15,19,23,29,35H,12,14,16-18,20-22,24-28H2,1H3,(H,58,68)(H,71,72)(H,59,62,70)(H,61,67,69). The van der Waals surface area contributed by atoms with E-state index in [9.17, 15) is 29.1 Å². The zero-order valence-electron chi connectivity index (χ0n) is 40.0. The highest BCUT2D eigenvalue weighted by molar-refractivity contribution is 7.22. The van der Waals surface area contributed by atoms with Gasteiger partial charge in [-0.05, 0) is 123 Å². The smallest absolute Gasteiger partial charge is 0.420 e. The highest BCUT2D eigenvalue weighted by atomic mass is 32.1. The first-order valence-corrected chi connectivity index (χ1v) is 25.2. The summed E-state index contributed by atoms with van der Waals surface area (Å²) in [5.41, 5.74) is 2.12. The highest BCUT2D eigenvalue weighted by Crippen LogP contribution is 2.53. The number of carboxylic acids is 1. The van der Waals surface area contributed by atoms with Gasteiger partial charge in [-0.3, -0.25) is 44.4 Å². The Labute approximate surface area is 425 Å². The summed E-state index contributed by atoms with van der Waals surface area (Å²) in [6.45, 7) is 2.15. The number of fused-ring (bicyclic) bond motifs is 3. The van der Waals surface area contributed by atoms with Gasteiger partial charge >= 0.3 is 12.1 Å². The molecule has 0 bridgehead atoms. The van der Waals surface area contributed by atoms with Gasteiger partial charge in [0.15, 0.2) is 10.8 Å². The van der Waals surface area contributed by atoms with E-state index in [1.807, 2.05) is 42.5 Å². The van der Waals surface area contributed by atoms with E-state index in [0.29, 0.717) is 54.6 Å². The van der Waals surface area contributed by atoms with Crippen molar-refractivity contribution in [2.24, 2.45) is 18.4 Å². The van der Waals surface area contributed by atoms with Crippen molar-refractivity contribution in [2.45, 2.75) is 63.6 Å². The number of rotatable bonds is 12. The highest BCUT2D eigenvalue weighted by Gasteiger charge is 2.47. The maximum absolute atomic E-state index is 15.1. The molecule has 1 saturated carbocycles. The van der Waals surface area contributed by atoms with Crippen molar-refractivity contribution in [1.82, 2.24) is 34.9 Å². The summed E-state index contributed by atoms with van der Waals surface area (Å²) >= 11 is 1.33. The van der Waals surface area contributed by atoms with E-state index in [0.717, 1.165) is 52.4 Å². The van der Waals surface area contributed by atoms with Gasteiger partial charge in [0, 0.05) is 60.5 Å². The molecule has 11 rings (SSSR count). The first kappa shape index (κ1) is 48.5. The monoisotopic (exact) mass is 1030 g/mol. The molecule has 3 aromatic carbocycles. The molecular formula is C53H49F3N10O7S. The zero-order valence-corrected chi connectivity index (χ0v) is 40.8. The number of ether oxygens (including phenoxy) is 1. The number of halogens is 3. The van der Waals surface area contributed by atoms with Crippen molar-refractivity contribution in [3.05, 3.63) is 119 Å². The number of aryl methyl sites for hydroxylation is 1. The largest absolute Gasteiger partial charge is 0.493 e. The summed E-state index contributed by atoms with van der Waals surface area (Å²) in [7, 11) is 1.76. The van der Waals surface area contributed by atoms with Gasteiger partial charge in [0.05, 0.1) is 40.5 Å². The molecule has 17 nitrogen and oxygen atoms in total. The number of carbonyl (C=O) groups is 5. The summed E-state index contributed by atoms with van der Waals surface area (Å²) < 4.78 is 53.8. The maximum atomic E-state index is 15.1. The number of hydrogen-bond donors (Lipinski definition) is 4. The molecule has 1 spiro atoms. The van der Waals surface area contributed by atoms with Crippen LogP contribution in [-0.4, -0.2) is 97.1 Å². The van der Waals surface area contributed by atoms with Crippen molar-refractivity contribution in [2.75, 3.05) is 48.3 Å². The molecule has 4 aromatic heterocycles. The summed E-state index contributed by atoms with van der Waals surface area (Å²) in [4.78, 5) is 81.0.